The van der Waals surface area contributed by atoms with Crippen molar-refractivity contribution < 1.29 is 13.2 Å². The van der Waals surface area contributed by atoms with Crippen molar-refractivity contribution in [3.63, 3.8) is 0 Å². The minimum absolute atomic E-state index is 0.0306. The zero-order valence-corrected chi connectivity index (χ0v) is 10.1. The molecule has 0 aliphatic heterocycles. The van der Waals surface area contributed by atoms with Crippen molar-refractivity contribution in [2.24, 2.45) is 0 Å². The summed E-state index contributed by atoms with van der Waals surface area (Å²) in [5, 5.41) is 18.4. The number of alkyl halides is 3. The molecule has 0 saturated carbocycles. The molecular weight excluding hydrogens is 273 g/mol. The molecule has 0 spiro atoms. The van der Waals surface area contributed by atoms with E-state index in [-0.39, 0.29) is 16.5 Å². The lowest BCUT2D eigenvalue weighted by Crippen LogP contribution is -2.03. The molecule has 0 atom stereocenters. The van der Waals surface area contributed by atoms with Crippen LogP contribution in [0.25, 0.3) is 16.2 Å². The fourth-order valence-electron chi connectivity index (χ4n) is 1.69. The number of nitriles is 2. The molecule has 94 valence electrons. The van der Waals surface area contributed by atoms with Gasteiger partial charge in [0.05, 0.1) is 5.56 Å². The summed E-state index contributed by atoms with van der Waals surface area (Å²) in [4.78, 5) is 0. The van der Waals surface area contributed by atoms with E-state index >= 15 is 0 Å². The summed E-state index contributed by atoms with van der Waals surface area (Å²) in [6.07, 6.45) is -3.29. The number of allylic oxidation sites excluding steroid dienone is 1. The molecule has 0 saturated heterocycles. The minimum Gasteiger partial charge on any atom is -0.192 e. The van der Waals surface area contributed by atoms with Crippen molar-refractivity contribution in [2.75, 3.05) is 0 Å². The topological polar surface area (TPSA) is 47.6 Å². The molecule has 0 amide bonds. The number of fused-ring (bicyclic) bond motifs is 1. The van der Waals surface area contributed by atoms with E-state index in [0.29, 0.717) is 4.70 Å². The minimum atomic E-state index is -4.46. The Kier molecular flexibility index (Phi) is 3.28. The fraction of sp³-hybridized carbons (Fsp3) is 0.0769. The number of hydrogen-bond acceptors (Lipinski definition) is 3. The van der Waals surface area contributed by atoms with Gasteiger partial charge >= 0.3 is 6.18 Å². The maximum Gasteiger partial charge on any atom is 0.417 e. The molecule has 1 aromatic heterocycles. The SMILES string of the molecule is N#CC(C#N)=Cc1cccc2scc(C(F)(F)F)c12. The van der Waals surface area contributed by atoms with Crippen LogP contribution < -0.4 is 0 Å². The third kappa shape index (κ3) is 2.44. The van der Waals surface area contributed by atoms with Crippen LogP contribution in [-0.4, -0.2) is 0 Å². The van der Waals surface area contributed by atoms with Crippen LogP contribution in [0.1, 0.15) is 11.1 Å². The second kappa shape index (κ2) is 4.75. The van der Waals surface area contributed by atoms with Gasteiger partial charge in [-0.25, -0.2) is 0 Å². The van der Waals surface area contributed by atoms with Crippen molar-refractivity contribution in [1.29, 1.82) is 10.5 Å². The van der Waals surface area contributed by atoms with E-state index in [0.717, 1.165) is 16.7 Å². The average molecular weight is 278 g/mol. The highest BCUT2D eigenvalue weighted by atomic mass is 32.1. The first kappa shape index (κ1) is 13.1. The summed E-state index contributed by atoms with van der Waals surface area (Å²) in [6, 6.07) is 7.90. The van der Waals surface area contributed by atoms with Gasteiger partial charge in [-0.3, -0.25) is 0 Å². The van der Waals surface area contributed by atoms with Crippen molar-refractivity contribution in [3.05, 3.63) is 40.3 Å². The Balaban J connectivity index is 2.77. The molecule has 2 nitrogen and oxygen atoms in total. The largest absolute Gasteiger partial charge is 0.417 e. The summed E-state index contributed by atoms with van der Waals surface area (Å²) < 4.78 is 39.1. The van der Waals surface area contributed by atoms with Gasteiger partial charge < -0.3 is 0 Å². The second-order valence-corrected chi connectivity index (χ2v) is 4.56. The number of rotatable bonds is 1. The molecule has 0 N–H and O–H groups in total. The van der Waals surface area contributed by atoms with E-state index in [9.17, 15) is 13.2 Å². The third-order valence-corrected chi connectivity index (χ3v) is 3.43. The predicted octanol–water partition coefficient (Wildman–Crippen LogP) is 4.35. The van der Waals surface area contributed by atoms with Crippen molar-refractivity contribution in [2.45, 2.75) is 6.18 Å². The van der Waals surface area contributed by atoms with Crippen LogP contribution in [0.2, 0.25) is 0 Å². The highest BCUT2D eigenvalue weighted by Gasteiger charge is 2.34. The van der Waals surface area contributed by atoms with Gasteiger partial charge in [-0.05, 0) is 17.7 Å². The molecular formula is C13H5F3N2S. The standard InChI is InChI=1S/C13H5F3N2S/c14-13(15,16)10-7-19-11-3-1-2-9(12(10)11)4-8(5-17)6-18/h1-4,7H. The Hall–Kier alpha value is -2.31. The molecule has 0 unspecified atom stereocenters. The maximum atomic E-state index is 12.9. The van der Waals surface area contributed by atoms with Crippen LogP contribution in [0.5, 0.6) is 0 Å². The van der Waals surface area contributed by atoms with Crippen LogP contribution in [0.3, 0.4) is 0 Å². The highest BCUT2D eigenvalue weighted by molar-refractivity contribution is 7.17. The monoisotopic (exact) mass is 278 g/mol. The van der Waals surface area contributed by atoms with Gasteiger partial charge in [-0.15, -0.1) is 11.3 Å². The molecule has 0 aliphatic rings. The molecule has 19 heavy (non-hydrogen) atoms. The lowest BCUT2D eigenvalue weighted by Gasteiger charge is -2.06. The Labute approximate surface area is 110 Å². The molecule has 0 fully saturated rings. The molecule has 6 heteroatoms. The predicted molar refractivity (Wildman–Crippen MR) is 66.0 cm³/mol. The van der Waals surface area contributed by atoms with Crippen molar-refractivity contribution in [3.8, 4) is 12.1 Å². The first-order valence-electron chi connectivity index (χ1n) is 5.06. The van der Waals surface area contributed by atoms with E-state index in [1.807, 2.05) is 0 Å². The number of benzene rings is 1. The van der Waals surface area contributed by atoms with E-state index in [4.69, 9.17) is 10.5 Å². The molecule has 0 radical (unpaired) electrons. The average Bonchev–Trinajstić information content (AvgIpc) is 2.80. The Morgan fingerprint density at radius 1 is 1.21 bits per heavy atom. The molecule has 1 aromatic carbocycles. The first-order chi connectivity index (χ1) is 8.97. The second-order valence-electron chi connectivity index (χ2n) is 3.65. The third-order valence-electron chi connectivity index (χ3n) is 2.48. The zero-order valence-electron chi connectivity index (χ0n) is 9.32. The van der Waals surface area contributed by atoms with Crippen LogP contribution in [0, 0.1) is 22.7 Å². The van der Waals surface area contributed by atoms with Gasteiger partial charge in [0.2, 0.25) is 0 Å². The number of halogens is 3. The van der Waals surface area contributed by atoms with Crippen molar-refractivity contribution in [1.82, 2.24) is 0 Å². The van der Waals surface area contributed by atoms with Crippen LogP contribution >= 0.6 is 11.3 Å². The molecule has 0 aliphatic carbocycles. The number of thiophene rings is 1. The van der Waals surface area contributed by atoms with E-state index < -0.39 is 11.7 Å². The smallest absolute Gasteiger partial charge is 0.192 e. The van der Waals surface area contributed by atoms with Crippen LogP contribution in [0.4, 0.5) is 13.2 Å². The molecule has 2 rings (SSSR count). The molecule has 0 bridgehead atoms. The van der Waals surface area contributed by atoms with Crippen LogP contribution in [0.15, 0.2) is 29.2 Å². The molecule has 1 heterocycles. The van der Waals surface area contributed by atoms with Gasteiger partial charge in [-0.1, -0.05) is 12.1 Å². The fourth-order valence-corrected chi connectivity index (χ4v) is 2.69. The van der Waals surface area contributed by atoms with Crippen LogP contribution in [-0.2, 0) is 6.18 Å². The maximum absolute atomic E-state index is 12.9. The van der Waals surface area contributed by atoms with E-state index in [2.05, 4.69) is 0 Å². The van der Waals surface area contributed by atoms with E-state index in [1.54, 1.807) is 24.3 Å². The zero-order chi connectivity index (χ0) is 14.0. The van der Waals surface area contributed by atoms with Gasteiger partial charge in [0.1, 0.15) is 17.7 Å². The lowest BCUT2D eigenvalue weighted by atomic mass is 10.0. The van der Waals surface area contributed by atoms with Crippen molar-refractivity contribution >= 4 is 27.5 Å². The first-order valence-corrected chi connectivity index (χ1v) is 5.94. The Morgan fingerprint density at radius 2 is 1.89 bits per heavy atom. The Morgan fingerprint density at radius 3 is 2.47 bits per heavy atom. The lowest BCUT2D eigenvalue weighted by molar-refractivity contribution is -0.136. The van der Waals surface area contributed by atoms with Gasteiger partial charge in [0, 0.05) is 15.5 Å². The van der Waals surface area contributed by atoms with Gasteiger partial charge in [0.25, 0.3) is 0 Å². The summed E-state index contributed by atoms with van der Waals surface area (Å²) in [5.41, 5.74) is -0.745. The summed E-state index contributed by atoms with van der Waals surface area (Å²) >= 11 is 0.982. The highest BCUT2D eigenvalue weighted by Crippen LogP contribution is 2.40. The Bertz CT molecular complexity index is 726. The van der Waals surface area contributed by atoms with E-state index in [1.165, 1.54) is 12.1 Å². The quantitative estimate of drug-likeness (QED) is 0.728. The van der Waals surface area contributed by atoms with Gasteiger partial charge in [-0.2, -0.15) is 23.7 Å². The molecule has 2 aromatic rings. The van der Waals surface area contributed by atoms with Gasteiger partial charge in [0.15, 0.2) is 0 Å². The summed E-state index contributed by atoms with van der Waals surface area (Å²) in [6.45, 7) is 0. The number of hydrogen-bond donors (Lipinski definition) is 0. The normalized spacial score (nSPS) is 10.8. The number of nitrogens with zero attached hydrogens (tertiary/aromatic N) is 2. The summed E-state index contributed by atoms with van der Waals surface area (Å²) in [7, 11) is 0. The summed E-state index contributed by atoms with van der Waals surface area (Å²) in [5.74, 6) is 0.